The van der Waals surface area contributed by atoms with Crippen LogP contribution in [0.25, 0.3) is 0 Å². The third-order valence-electron chi connectivity index (χ3n) is 4.07. The van der Waals surface area contributed by atoms with Crippen LogP contribution < -0.4 is 20.1 Å². The van der Waals surface area contributed by atoms with Crippen molar-refractivity contribution >= 4 is 17.3 Å². The van der Waals surface area contributed by atoms with E-state index in [1.165, 1.54) is 9.75 Å². The maximum atomic E-state index is 5.85. The molecule has 1 aromatic carbocycles. The summed E-state index contributed by atoms with van der Waals surface area (Å²) in [6.07, 6.45) is 1.74. The van der Waals surface area contributed by atoms with Crippen LogP contribution in [0.15, 0.2) is 59.7 Å². The second kappa shape index (κ2) is 10.5. The molecule has 3 aromatic rings. The summed E-state index contributed by atoms with van der Waals surface area (Å²) >= 11 is 1.78. The molecule has 0 atom stereocenters. The van der Waals surface area contributed by atoms with Crippen LogP contribution in [0.4, 0.5) is 0 Å². The fourth-order valence-electron chi connectivity index (χ4n) is 2.66. The normalized spacial score (nSPS) is 11.2. The highest BCUT2D eigenvalue weighted by Crippen LogP contribution is 2.23. The maximum Gasteiger partial charge on any atom is 0.219 e. The van der Waals surface area contributed by atoms with Crippen molar-refractivity contribution in [1.29, 1.82) is 0 Å². The SMILES string of the molecule is CCOc1ccc(Oc2cc(CNC(=NC)NCc3ccc(C)s3)ccn2)cc1. The van der Waals surface area contributed by atoms with Crippen LogP contribution in [0.5, 0.6) is 17.4 Å². The largest absolute Gasteiger partial charge is 0.494 e. The highest BCUT2D eigenvalue weighted by atomic mass is 32.1. The van der Waals surface area contributed by atoms with E-state index in [0.717, 1.165) is 29.6 Å². The van der Waals surface area contributed by atoms with E-state index in [1.54, 1.807) is 24.6 Å². The minimum absolute atomic E-state index is 0.547. The molecule has 0 spiro atoms. The number of ether oxygens (including phenoxy) is 2. The van der Waals surface area contributed by atoms with Crippen LogP contribution in [0.3, 0.4) is 0 Å². The molecule has 0 radical (unpaired) electrons. The maximum absolute atomic E-state index is 5.85. The summed E-state index contributed by atoms with van der Waals surface area (Å²) in [5.74, 6) is 2.84. The van der Waals surface area contributed by atoms with Gasteiger partial charge in [-0.3, -0.25) is 4.99 Å². The second-order valence-corrected chi connectivity index (χ2v) is 7.67. The van der Waals surface area contributed by atoms with Crippen LogP contribution >= 0.6 is 11.3 Å². The molecule has 6 nitrogen and oxygen atoms in total. The van der Waals surface area contributed by atoms with Gasteiger partial charge in [0.2, 0.25) is 5.88 Å². The Hall–Kier alpha value is -3.06. The van der Waals surface area contributed by atoms with Gasteiger partial charge in [-0.1, -0.05) is 0 Å². The van der Waals surface area contributed by atoms with Crippen molar-refractivity contribution in [3.8, 4) is 17.4 Å². The molecule has 0 aliphatic carbocycles. The Kier molecular flexibility index (Phi) is 7.47. The molecule has 7 heteroatoms. The van der Waals surface area contributed by atoms with Crippen LogP contribution in [0.1, 0.15) is 22.2 Å². The highest BCUT2D eigenvalue weighted by Gasteiger charge is 2.04. The van der Waals surface area contributed by atoms with Gasteiger partial charge in [0.15, 0.2) is 5.96 Å². The van der Waals surface area contributed by atoms with E-state index in [4.69, 9.17) is 9.47 Å². The number of guanidine groups is 1. The van der Waals surface area contributed by atoms with E-state index in [1.807, 2.05) is 43.3 Å². The Morgan fingerprint density at radius 1 is 1.03 bits per heavy atom. The van der Waals surface area contributed by atoms with E-state index < -0.39 is 0 Å². The van der Waals surface area contributed by atoms with Gasteiger partial charge >= 0.3 is 0 Å². The second-order valence-electron chi connectivity index (χ2n) is 6.30. The molecule has 3 rings (SSSR count). The number of aromatic nitrogens is 1. The topological polar surface area (TPSA) is 67.8 Å². The number of pyridine rings is 1. The van der Waals surface area contributed by atoms with Gasteiger partial charge in [-0.15, -0.1) is 11.3 Å². The lowest BCUT2D eigenvalue weighted by atomic mass is 10.2. The van der Waals surface area contributed by atoms with Crippen LogP contribution in [-0.4, -0.2) is 24.6 Å². The molecule has 0 bridgehead atoms. The molecule has 152 valence electrons. The number of thiophene rings is 1. The first-order valence-electron chi connectivity index (χ1n) is 9.51. The van der Waals surface area contributed by atoms with Gasteiger partial charge in [0, 0.05) is 35.6 Å². The molecule has 2 heterocycles. The van der Waals surface area contributed by atoms with Crippen LogP contribution in [0, 0.1) is 6.92 Å². The Balaban J connectivity index is 1.53. The fourth-order valence-corrected chi connectivity index (χ4v) is 3.49. The van der Waals surface area contributed by atoms with Gasteiger partial charge in [-0.05, 0) is 61.9 Å². The zero-order valence-electron chi connectivity index (χ0n) is 16.9. The zero-order valence-corrected chi connectivity index (χ0v) is 17.8. The number of nitrogens with zero attached hydrogens (tertiary/aromatic N) is 2. The number of aliphatic imine (C=N–C) groups is 1. The number of rotatable bonds is 8. The molecule has 0 amide bonds. The summed E-state index contributed by atoms with van der Waals surface area (Å²) in [5.41, 5.74) is 1.05. The van der Waals surface area contributed by atoms with E-state index in [2.05, 4.69) is 39.7 Å². The third-order valence-corrected chi connectivity index (χ3v) is 5.07. The van der Waals surface area contributed by atoms with Gasteiger partial charge in [-0.2, -0.15) is 0 Å². The van der Waals surface area contributed by atoms with Crippen molar-refractivity contribution in [3.63, 3.8) is 0 Å². The number of hydrogen-bond donors (Lipinski definition) is 2. The Morgan fingerprint density at radius 2 is 1.79 bits per heavy atom. The summed E-state index contributed by atoms with van der Waals surface area (Å²) in [6, 6.07) is 15.6. The first-order chi connectivity index (χ1) is 14.2. The van der Waals surface area contributed by atoms with E-state index in [9.17, 15) is 0 Å². The molecule has 0 aliphatic rings. The predicted molar refractivity (Wildman–Crippen MR) is 118 cm³/mol. The van der Waals surface area contributed by atoms with Crippen molar-refractivity contribution in [3.05, 3.63) is 70.0 Å². The Bertz CT molecular complexity index is 938. The van der Waals surface area contributed by atoms with E-state index in [0.29, 0.717) is 19.0 Å². The number of nitrogens with one attached hydrogen (secondary N) is 2. The quantitative estimate of drug-likeness (QED) is 0.422. The standard InChI is InChI=1S/C22H26N4O2S/c1-4-27-18-6-8-19(9-7-18)28-21-13-17(11-12-24-21)14-25-22(23-3)26-15-20-10-5-16(2)29-20/h5-13H,4,14-15H2,1-3H3,(H2,23,25,26). The van der Waals surface area contributed by atoms with Crippen LogP contribution in [0.2, 0.25) is 0 Å². The average Bonchev–Trinajstić information content (AvgIpc) is 3.15. The molecule has 2 N–H and O–H groups in total. The monoisotopic (exact) mass is 410 g/mol. The smallest absolute Gasteiger partial charge is 0.219 e. The van der Waals surface area contributed by atoms with Crippen molar-refractivity contribution in [1.82, 2.24) is 15.6 Å². The van der Waals surface area contributed by atoms with E-state index in [-0.39, 0.29) is 0 Å². The minimum atomic E-state index is 0.547. The first-order valence-corrected chi connectivity index (χ1v) is 10.3. The van der Waals surface area contributed by atoms with Gasteiger partial charge in [0.25, 0.3) is 0 Å². The van der Waals surface area contributed by atoms with Crippen molar-refractivity contribution < 1.29 is 9.47 Å². The molecule has 0 saturated heterocycles. The van der Waals surface area contributed by atoms with Gasteiger partial charge in [0.05, 0.1) is 13.2 Å². The van der Waals surface area contributed by atoms with Crippen LogP contribution in [-0.2, 0) is 13.1 Å². The lowest BCUT2D eigenvalue weighted by Crippen LogP contribution is -2.36. The molecular weight excluding hydrogens is 384 g/mol. The number of benzene rings is 1. The number of hydrogen-bond acceptors (Lipinski definition) is 5. The molecule has 2 aromatic heterocycles. The number of aryl methyl sites for hydroxylation is 1. The summed E-state index contributed by atoms with van der Waals surface area (Å²) < 4.78 is 11.3. The molecule has 0 unspecified atom stereocenters. The minimum Gasteiger partial charge on any atom is -0.494 e. The zero-order chi connectivity index (χ0) is 20.5. The van der Waals surface area contributed by atoms with Crippen molar-refractivity contribution in [2.75, 3.05) is 13.7 Å². The van der Waals surface area contributed by atoms with Crippen molar-refractivity contribution in [2.24, 2.45) is 4.99 Å². The summed E-state index contributed by atoms with van der Waals surface area (Å²) in [4.78, 5) is 11.2. The van der Waals surface area contributed by atoms with Gasteiger partial charge in [-0.25, -0.2) is 4.98 Å². The lowest BCUT2D eigenvalue weighted by Gasteiger charge is -2.12. The molecule has 29 heavy (non-hydrogen) atoms. The Morgan fingerprint density at radius 3 is 2.48 bits per heavy atom. The molecular formula is C22H26N4O2S. The summed E-state index contributed by atoms with van der Waals surface area (Å²) in [7, 11) is 1.77. The molecule has 0 fully saturated rings. The van der Waals surface area contributed by atoms with Crippen molar-refractivity contribution in [2.45, 2.75) is 26.9 Å². The molecule has 0 aliphatic heterocycles. The lowest BCUT2D eigenvalue weighted by molar-refractivity contribution is 0.339. The summed E-state index contributed by atoms with van der Waals surface area (Å²) in [6.45, 7) is 6.08. The highest BCUT2D eigenvalue weighted by molar-refractivity contribution is 7.11. The van der Waals surface area contributed by atoms with Gasteiger partial charge < -0.3 is 20.1 Å². The van der Waals surface area contributed by atoms with E-state index >= 15 is 0 Å². The Labute approximate surface area is 175 Å². The predicted octanol–water partition coefficient (Wildman–Crippen LogP) is 4.51. The van der Waals surface area contributed by atoms with Gasteiger partial charge in [0.1, 0.15) is 11.5 Å². The average molecular weight is 411 g/mol. The molecule has 0 saturated carbocycles. The third kappa shape index (κ3) is 6.50. The summed E-state index contributed by atoms with van der Waals surface area (Å²) in [5, 5.41) is 6.65. The first kappa shape index (κ1) is 20.7. The fraction of sp³-hybridized carbons (Fsp3) is 0.273.